The zero-order chi connectivity index (χ0) is 15.0. The average molecular weight is 294 g/mol. The highest BCUT2D eigenvalue weighted by Gasteiger charge is 2.48. The number of amides is 2. The average Bonchev–Trinajstić information content (AvgIpc) is 3.14. The summed E-state index contributed by atoms with van der Waals surface area (Å²) >= 11 is 0. The Morgan fingerprint density at radius 3 is 2.62 bits per heavy atom. The largest absolute Gasteiger partial charge is 0.378 e. The predicted molar refractivity (Wildman–Crippen MR) is 78.6 cm³/mol. The molecule has 3 aliphatic rings. The van der Waals surface area contributed by atoms with E-state index in [4.69, 9.17) is 4.74 Å². The van der Waals surface area contributed by atoms with Crippen LogP contribution in [-0.4, -0.2) is 48.1 Å². The third-order valence-electron chi connectivity index (χ3n) is 4.90. The van der Waals surface area contributed by atoms with Crippen molar-refractivity contribution in [1.82, 2.24) is 10.2 Å². The third-order valence-corrected chi connectivity index (χ3v) is 4.90. The van der Waals surface area contributed by atoms with E-state index in [-0.39, 0.29) is 35.9 Å². The quantitative estimate of drug-likeness (QED) is 0.832. The van der Waals surface area contributed by atoms with Crippen molar-refractivity contribution in [1.29, 1.82) is 0 Å². The minimum Gasteiger partial charge on any atom is -0.378 e. The zero-order valence-electron chi connectivity index (χ0n) is 13.0. The van der Waals surface area contributed by atoms with E-state index in [2.05, 4.69) is 5.32 Å². The van der Waals surface area contributed by atoms with Gasteiger partial charge in [-0.05, 0) is 43.9 Å². The van der Waals surface area contributed by atoms with E-state index >= 15 is 0 Å². The van der Waals surface area contributed by atoms with Crippen molar-refractivity contribution in [3.05, 3.63) is 0 Å². The molecule has 3 unspecified atom stereocenters. The van der Waals surface area contributed by atoms with Gasteiger partial charge in [0.25, 0.3) is 0 Å². The molecular weight excluding hydrogens is 268 g/mol. The van der Waals surface area contributed by atoms with Crippen LogP contribution in [0.3, 0.4) is 0 Å². The molecule has 1 aliphatic carbocycles. The first-order chi connectivity index (χ1) is 10.1. The number of hydrogen-bond donors (Lipinski definition) is 1. The summed E-state index contributed by atoms with van der Waals surface area (Å²) in [5.74, 6) is 0.640. The van der Waals surface area contributed by atoms with Gasteiger partial charge in [-0.3, -0.25) is 9.59 Å². The number of rotatable bonds is 5. The van der Waals surface area contributed by atoms with Crippen LogP contribution in [0.5, 0.6) is 0 Å². The Morgan fingerprint density at radius 1 is 1.29 bits per heavy atom. The van der Waals surface area contributed by atoms with Crippen LogP contribution < -0.4 is 5.32 Å². The fraction of sp³-hybridized carbons (Fsp3) is 0.875. The molecule has 0 spiro atoms. The van der Waals surface area contributed by atoms with Gasteiger partial charge in [-0.15, -0.1) is 0 Å². The van der Waals surface area contributed by atoms with E-state index in [9.17, 15) is 9.59 Å². The lowest BCUT2D eigenvalue weighted by Crippen LogP contribution is -2.65. The van der Waals surface area contributed by atoms with Crippen LogP contribution in [0.25, 0.3) is 0 Å². The second-order valence-corrected chi connectivity index (χ2v) is 6.97. The lowest BCUT2D eigenvalue weighted by Gasteiger charge is -2.41. The molecule has 21 heavy (non-hydrogen) atoms. The Balaban J connectivity index is 1.70. The maximum absolute atomic E-state index is 12.7. The van der Waals surface area contributed by atoms with Crippen molar-refractivity contribution < 1.29 is 14.3 Å². The van der Waals surface area contributed by atoms with E-state index in [1.165, 1.54) is 0 Å². The summed E-state index contributed by atoms with van der Waals surface area (Å²) in [6, 6.07) is -0.606. The monoisotopic (exact) mass is 294 g/mol. The van der Waals surface area contributed by atoms with Gasteiger partial charge in [-0.2, -0.15) is 0 Å². The first-order valence-corrected chi connectivity index (χ1v) is 8.30. The molecule has 5 nitrogen and oxygen atoms in total. The zero-order valence-corrected chi connectivity index (χ0v) is 13.0. The lowest BCUT2D eigenvalue weighted by molar-refractivity contribution is -0.152. The minimum atomic E-state index is -0.364. The lowest BCUT2D eigenvalue weighted by atomic mass is 9.95. The Kier molecular flexibility index (Phi) is 4.20. The first-order valence-electron chi connectivity index (χ1n) is 8.30. The van der Waals surface area contributed by atoms with Crippen molar-refractivity contribution in [2.24, 2.45) is 11.8 Å². The molecule has 3 rings (SSSR count). The third kappa shape index (κ3) is 3.07. The molecule has 1 saturated carbocycles. The number of piperazine rings is 1. The number of carbonyl (C=O) groups is 2. The van der Waals surface area contributed by atoms with Gasteiger partial charge in [0.1, 0.15) is 12.1 Å². The Bertz CT molecular complexity index is 414. The summed E-state index contributed by atoms with van der Waals surface area (Å²) in [7, 11) is 0. The van der Waals surface area contributed by atoms with Crippen molar-refractivity contribution >= 4 is 11.8 Å². The molecule has 0 bridgehead atoms. The van der Waals surface area contributed by atoms with Crippen LogP contribution >= 0.6 is 0 Å². The number of ether oxygens (including phenoxy) is 1. The molecule has 0 aromatic rings. The fourth-order valence-electron chi connectivity index (χ4n) is 3.49. The molecule has 0 aromatic carbocycles. The number of nitrogens with zero attached hydrogens (tertiary/aromatic N) is 1. The maximum Gasteiger partial charge on any atom is 0.246 e. The van der Waals surface area contributed by atoms with E-state index in [0.29, 0.717) is 12.5 Å². The van der Waals surface area contributed by atoms with Crippen molar-refractivity contribution in [3.63, 3.8) is 0 Å². The maximum atomic E-state index is 12.7. The molecule has 2 saturated heterocycles. The molecule has 2 heterocycles. The molecule has 3 atom stereocenters. The molecular formula is C16H26N2O3. The molecule has 0 aromatic heterocycles. The van der Waals surface area contributed by atoms with Crippen LogP contribution in [0.15, 0.2) is 0 Å². The van der Waals surface area contributed by atoms with Gasteiger partial charge in [-0.25, -0.2) is 0 Å². The topological polar surface area (TPSA) is 58.6 Å². The number of nitrogens with one attached hydrogen (secondary N) is 1. The fourth-order valence-corrected chi connectivity index (χ4v) is 3.49. The summed E-state index contributed by atoms with van der Waals surface area (Å²) in [6.07, 6.45) is 5.44. The Morgan fingerprint density at radius 2 is 2.05 bits per heavy atom. The van der Waals surface area contributed by atoms with Crippen molar-refractivity contribution in [2.75, 3.05) is 13.2 Å². The van der Waals surface area contributed by atoms with Gasteiger partial charge in [0.2, 0.25) is 11.8 Å². The van der Waals surface area contributed by atoms with Crippen molar-refractivity contribution in [2.45, 2.75) is 64.1 Å². The van der Waals surface area contributed by atoms with Gasteiger partial charge in [0, 0.05) is 13.2 Å². The second-order valence-electron chi connectivity index (χ2n) is 6.97. The van der Waals surface area contributed by atoms with Crippen LogP contribution in [0.1, 0.15) is 46.0 Å². The number of hydrogen-bond acceptors (Lipinski definition) is 3. The van der Waals surface area contributed by atoms with Crippen LogP contribution in [-0.2, 0) is 14.3 Å². The normalized spacial score (nSPS) is 33.7. The Labute approximate surface area is 126 Å². The Hall–Kier alpha value is -1.10. The summed E-state index contributed by atoms with van der Waals surface area (Å²) in [4.78, 5) is 27.0. The van der Waals surface area contributed by atoms with E-state index in [1.807, 2.05) is 18.7 Å². The molecule has 118 valence electrons. The van der Waals surface area contributed by atoms with E-state index in [1.54, 1.807) is 0 Å². The van der Waals surface area contributed by atoms with Crippen molar-refractivity contribution in [3.8, 4) is 0 Å². The summed E-state index contributed by atoms with van der Waals surface area (Å²) in [5, 5.41) is 2.93. The second kappa shape index (κ2) is 5.95. The van der Waals surface area contributed by atoms with Crippen LogP contribution in [0, 0.1) is 11.8 Å². The SMILES string of the molecule is CC(C)C1NC(=O)C(C2CC2)N(CCC2CCCO2)C1=O. The molecule has 2 amide bonds. The van der Waals surface area contributed by atoms with E-state index < -0.39 is 0 Å². The number of carbonyl (C=O) groups excluding carboxylic acids is 2. The predicted octanol–water partition coefficient (Wildman–Crippen LogP) is 1.32. The van der Waals surface area contributed by atoms with Crippen LogP contribution in [0.2, 0.25) is 0 Å². The van der Waals surface area contributed by atoms with Crippen LogP contribution in [0.4, 0.5) is 0 Å². The highest BCUT2D eigenvalue weighted by Crippen LogP contribution is 2.37. The minimum absolute atomic E-state index is 0.0446. The first kappa shape index (κ1) is 14.8. The summed E-state index contributed by atoms with van der Waals surface area (Å²) < 4.78 is 5.65. The van der Waals surface area contributed by atoms with Gasteiger partial charge in [-0.1, -0.05) is 13.8 Å². The highest BCUT2D eigenvalue weighted by molar-refractivity contribution is 5.97. The summed E-state index contributed by atoms with van der Waals surface area (Å²) in [5.41, 5.74) is 0. The van der Waals surface area contributed by atoms with Gasteiger partial charge >= 0.3 is 0 Å². The van der Waals surface area contributed by atoms with Gasteiger partial charge in [0.05, 0.1) is 6.10 Å². The molecule has 1 N–H and O–H groups in total. The molecule has 3 fully saturated rings. The van der Waals surface area contributed by atoms with Gasteiger partial charge < -0.3 is 15.0 Å². The van der Waals surface area contributed by atoms with E-state index in [0.717, 1.165) is 38.7 Å². The summed E-state index contributed by atoms with van der Waals surface area (Å²) in [6.45, 7) is 5.46. The standard InChI is InChI=1S/C16H26N2O3/c1-10(2)13-16(20)18(8-7-12-4-3-9-21-12)14(11-5-6-11)15(19)17-13/h10-14H,3-9H2,1-2H3,(H,17,19). The molecule has 5 heteroatoms. The molecule has 2 aliphatic heterocycles. The smallest absolute Gasteiger partial charge is 0.246 e. The van der Waals surface area contributed by atoms with Gasteiger partial charge in [0.15, 0.2) is 0 Å². The molecule has 0 radical (unpaired) electrons. The highest BCUT2D eigenvalue weighted by atomic mass is 16.5.